The standard InChI is InChI=1S/C19H21FN6O/c1-12-8-13(2)26(23-12)11-15-6-5-7-16(9-15)19(27)22-21-10-17-14(3)24-25(4)18(17)20/h5-10H,11H2,1-4H3,(H,22,27)/b21-10-. The van der Waals surface area contributed by atoms with E-state index in [1.54, 1.807) is 19.1 Å². The average molecular weight is 368 g/mol. The van der Waals surface area contributed by atoms with Crippen LogP contribution in [0.1, 0.15) is 38.6 Å². The molecule has 0 radical (unpaired) electrons. The monoisotopic (exact) mass is 368 g/mol. The molecule has 7 nitrogen and oxygen atoms in total. The van der Waals surface area contributed by atoms with E-state index in [-0.39, 0.29) is 11.5 Å². The summed E-state index contributed by atoms with van der Waals surface area (Å²) in [5.41, 5.74) is 6.60. The highest BCUT2D eigenvalue weighted by molar-refractivity contribution is 5.95. The number of hydrogen-bond donors (Lipinski definition) is 1. The van der Waals surface area contributed by atoms with E-state index in [0.29, 0.717) is 17.8 Å². The predicted molar refractivity (Wildman–Crippen MR) is 100 cm³/mol. The third-order valence-corrected chi connectivity index (χ3v) is 4.18. The molecule has 0 bridgehead atoms. The minimum atomic E-state index is -0.502. The molecular weight excluding hydrogens is 347 g/mol. The fourth-order valence-corrected chi connectivity index (χ4v) is 2.83. The van der Waals surface area contributed by atoms with Gasteiger partial charge in [-0.25, -0.2) is 10.1 Å². The van der Waals surface area contributed by atoms with Crippen LogP contribution in [0.2, 0.25) is 0 Å². The number of nitrogens with one attached hydrogen (secondary N) is 1. The Morgan fingerprint density at radius 2 is 2.04 bits per heavy atom. The van der Waals surface area contributed by atoms with Gasteiger partial charge in [0.25, 0.3) is 5.91 Å². The number of carbonyl (C=O) groups excluding carboxylic acids is 1. The molecule has 2 heterocycles. The smallest absolute Gasteiger partial charge is 0.267 e. The average Bonchev–Trinajstić information content (AvgIpc) is 3.06. The lowest BCUT2D eigenvalue weighted by molar-refractivity contribution is 0.0955. The summed E-state index contributed by atoms with van der Waals surface area (Å²) in [6, 6.07) is 9.24. The molecule has 0 saturated carbocycles. The van der Waals surface area contributed by atoms with Crippen LogP contribution in [0.3, 0.4) is 0 Å². The van der Waals surface area contributed by atoms with Gasteiger partial charge in [0, 0.05) is 18.3 Å². The van der Waals surface area contributed by atoms with E-state index in [4.69, 9.17) is 0 Å². The minimum Gasteiger partial charge on any atom is -0.267 e. The Kier molecular flexibility index (Phi) is 5.16. The SMILES string of the molecule is Cc1cc(C)n(Cc2cccc(C(=O)N/N=C\c3c(C)nn(C)c3F)c2)n1. The molecule has 3 rings (SSSR count). The highest BCUT2D eigenvalue weighted by Crippen LogP contribution is 2.11. The van der Waals surface area contributed by atoms with Crippen molar-refractivity contribution in [3.63, 3.8) is 0 Å². The van der Waals surface area contributed by atoms with Gasteiger partial charge in [-0.05, 0) is 44.5 Å². The number of nitrogens with zero attached hydrogens (tertiary/aromatic N) is 5. The molecule has 0 aliphatic carbocycles. The molecule has 8 heteroatoms. The van der Waals surface area contributed by atoms with Crippen LogP contribution >= 0.6 is 0 Å². The molecule has 27 heavy (non-hydrogen) atoms. The first-order valence-corrected chi connectivity index (χ1v) is 8.47. The maximum atomic E-state index is 13.9. The first-order chi connectivity index (χ1) is 12.8. The van der Waals surface area contributed by atoms with Gasteiger partial charge in [-0.2, -0.15) is 19.7 Å². The molecule has 1 amide bonds. The van der Waals surface area contributed by atoms with Crippen LogP contribution in [0, 0.1) is 26.7 Å². The Morgan fingerprint density at radius 3 is 2.67 bits per heavy atom. The molecular formula is C19H21FN6O. The van der Waals surface area contributed by atoms with Gasteiger partial charge in [-0.15, -0.1) is 0 Å². The van der Waals surface area contributed by atoms with Gasteiger partial charge in [0.1, 0.15) is 0 Å². The van der Waals surface area contributed by atoms with Crippen molar-refractivity contribution in [3.8, 4) is 0 Å². The highest BCUT2D eigenvalue weighted by Gasteiger charge is 2.11. The molecule has 1 aromatic carbocycles. The maximum Gasteiger partial charge on any atom is 0.271 e. The Labute approximate surface area is 156 Å². The third-order valence-electron chi connectivity index (χ3n) is 4.18. The second-order valence-corrected chi connectivity index (χ2v) is 6.40. The number of aryl methyl sites for hydroxylation is 4. The van der Waals surface area contributed by atoms with Crippen LogP contribution in [0.4, 0.5) is 4.39 Å². The van der Waals surface area contributed by atoms with Gasteiger partial charge in [-0.1, -0.05) is 12.1 Å². The van der Waals surface area contributed by atoms with E-state index in [2.05, 4.69) is 20.7 Å². The van der Waals surface area contributed by atoms with Crippen molar-refractivity contribution in [1.82, 2.24) is 25.0 Å². The maximum absolute atomic E-state index is 13.9. The molecule has 1 N–H and O–H groups in total. The summed E-state index contributed by atoms with van der Waals surface area (Å²) in [5, 5.41) is 12.2. The lowest BCUT2D eigenvalue weighted by Gasteiger charge is -2.06. The summed E-state index contributed by atoms with van der Waals surface area (Å²) in [5.74, 6) is -0.874. The normalized spacial score (nSPS) is 11.3. The number of halogens is 1. The van der Waals surface area contributed by atoms with Crippen LogP contribution < -0.4 is 5.43 Å². The summed E-state index contributed by atoms with van der Waals surface area (Å²) < 4.78 is 16.9. The van der Waals surface area contributed by atoms with Crippen LogP contribution in [0.5, 0.6) is 0 Å². The molecule has 0 fully saturated rings. The molecule has 0 aliphatic heterocycles. The zero-order valence-corrected chi connectivity index (χ0v) is 15.7. The minimum absolute atomic E-state index is 0.246. The van der Waals surface area contributed by atoms with Gasteiger partial charge < -0.3 is 0 Å². The molecule has 0 atom stereocenters. The van der Waals surface area contributed by atoms with Gasteiger partial charge >= 0.3 is 0 Å². The van der Waals surface area contributed by atoms with Crippen molar-refractivity contribution in [2.24, 2.45) is 12.1 Å². The first-order valence-electron chi connectivity index (χ1n) is 8.47. The molecule has 0 saturated heterocycles. The summed E-state index contributed by atoms with van der Waals surface area (Å²) in [7, 11) is 1.51. The summed E-state index contributed by atoms with van der Waals surface area (Å²) >= 11 is 0. The highest BCUT2D eigenvalue weighted by atomic mass is 19.1. The summed E-state index contributed by atoms with van der Waals surface area (Å²) in [4.78, 5) is 12.3. The van der Waals surface area contributed by atoms with Gasteiger partial charge in [0.05, 0.1) is 29.7 Å². The largest absolute Gasteiger partial charge is 0.271 e. The predicted octanol–water partition coefficient (Wildman–Crippen LogP) is 2.49. The van der Waals surface area contributed by atoms with Gasteiger partial charge in [-0.3, -0.25) is 9.48 Å². The molecule has 140 valence electrons. The second kappa shape index (κ2) is 7.53. The number of hydrogen-bond acceptors (Lipinski definition) is 4. The summed E-state index contributed by atoms with van der Waals surface area (Å²) in [6.07, 6.45) is 1.26. The molecule has 3 aromatic rings. The Morgan fingerprint density at radius 1 is 1.26 bits per heavy atom. The lowest BCUT2D eigenvalue weighted by atomic mass is 10.1. The fourth-order valence-electron chi connectivity index (χ4n) is 2.83. The number of benzene rings is 1. The van der Waals surface area contributed by atoms with E-state index in [0.717, 1.165) is 21.6 Å². The van der Waals surface area contributed by atoms with E-state index < -0.39 is 5.95 Å². The van der Waals surface area contributed by atoms with Crippen molar-refractivity contribution < 1.29 is 9.18 Å². The van der Waals surface area contributed by atoms with Crippen molar-refractivity contribution in [1.29, 1.82) is 0 Å². The van der Waals surface area contributed by atoms with E-state index in [1.165, 1.54) is 13.3 Å². The zero-order valence-electron chi connectivity index (χ0n) is 15.7. The van der Waals surface area contributed by atoms with Crippen LogP contribution in [-0.4, -0.2) is 31.7 Å². The van der Waals surface area contributed by atoms with E-state index >= 15 is 0 Å². The van der Waals surface area contributed by atoms with Gasteiger partial charge in [0.2, 0.25) is 5.95 Å². The number of rotatable bonds is 5. The van der Waals surface area contributed by atoms with Crippen molar-refractivity contribution in [3.05, 3.63) is 70.1 Å². The Balaban J connectivity index is 1.70. The molecule has 2 aromatic heterocycles. The van der Waals surface area contributed by atoms with Crippen molar-refractivity contribution in [2.75, 3.05) is 0 Å². The lowest BCUT2D eigenvalue weighted by Crippen LogP contribution is -2.18. The number of amides is 1. The van der Waals surface area contributed by atoms with Crippen LogP contribution in [0.15, 0.2) is 35.4 Å². The van der Waals surface area contributed by atoms with E-state index in [9.17, 15) is 9.18 Å². The fraction of sp³-hybridized carbons (Fsp3) is 0.263. The van der Waals surface area contributed by atoms with Crippen molar-refractivity contribution >= 4 is 12.1 Å². The quantitative estimate of drug-likeness (QED) is 0.555. The Bertz CT molecular complexity index is 1020. The number of hydrazone groups is 1. The van der Waals surface area contributed by atoms with Gasteiger partial charge in [0.15, 0.2) is 0 Å². The number of carbonyl (C=O) groups is 1. The third kappa shape index (κ3) is 4.11. The summed E-state index contributed by atoms with van der Waals surface area (Å²) in [6.45, 7) is 6.18. The van der Waals surface area contributed by atoms with E-state index in [1.807, 2.05) is 36.7 Å². The zero-order chi connectivity index (χ0) is 19.6. The van der Waals surface area contributed by atoms with Crippen LogP contribution in [-0.2, 0) is 13.6 Å². The molecule has 0 aliphatic rings. The Hall–Kier alpha value is -3.29. The molecule has 0 spiro atoms. The van der Waals surface area contributed by atoms with Crippen LogP contribution in [0.25, 0.3) is 0 Å². The van der Waals surface area contributed by atoms with Crippen molar-refractivity contribution in [2.45, 2.75) is 27.3 Å². The first kappa shape index (κ1) is 18.5. The molecule has 0 unspecified atom stereocenters. The second-order valence-electron chi connectivity index (χ2n) is 6.40. The topological polar surface area (TPSA) is 77.1 Å². The number of aromatic nitrogens is 4.